The van der Waals surface area contributed by atoms with Crippen molar-refractivity contribution >= 4 is 41.3 Å². The van der Waals surface area contributed by atoms with Crippen molar-refractivity contribution in [2.45, 2.75) is 64.4 Å². The molecule has 0 saturated heterocycles. The van der Waals surface area contributed by atoms with Crippen LogP contribution in [0.1, 0.15) is 55.8 Å². The van der Waals surface area contributed by atoms with Gasteiger partial charge < -0.3 is 15.7 Å². The van der Waals surface area contributed by atoms with Crippen LogP contribution in [-0.2, 0) is 12.8 Å². The van der Waals surface area contributed by atoms with Gasteiger partial charge in [-0.1, -0.05) is 26.2 Å². The van der Waals surface area contributed by atoms with E-state index in [0.29, 0.717) is 6.54 Å². The van der Waals surface area contributed by atoms with Gasteiger partial charge in [0.15, 0.2) is 5.96 Å². The molecule has 0 aliphatic heterocycles. The average Bonchev–Trinajstić information content (AvgIpc) is 3.01. The number of nitrogens with zero attached hydrogens (tertiary/aromatic N) is 2. The Morgan fingerprint density at radius 3 is 2.67 bits per heavy atom. The Kier molecular flexibility index (Phi) is 10.1. The molecule has 0 bridgehead atoms. The minimum atomic E-state index is -0.605. The minimum absolute atomic E-state index is 0. The van der Waals surface area contributed by atoms with Crippen molar-refractivity contribution in [2.75, 3.05) is 19.6 Å². The molecule has 24 heavy (non-hydrogen) atoms. The number of halogens is 1. The highest BCUT2D eigenvalue weighted by Crippen LogP contribution is 2.28. The van der Waals surface area contributed by atoms with Crippen LogP contribution in [0.15, 0.2) is 11.2 Å². The van der Waals surface area contributed by atoms with Crippen LogP contribution < -0.4 is 10.6 Å². The van der Waals surface area contributed by atoms with Gasteiger partial charge in [0.25, 0.3) is 0 Å². The summed E-state index contributed by atoms with van der Waals surface area (Å²) >= 11 is 1.78. The van der Waals surface area contributed by atoms with Crippen molar-refractivity contribution in [3.05, 3.63) is 16.1 Å². The highest BCUT2D eigenvalue weighted by atomic mass is 127. The molecule has 7 heteroatoms. The van der Waals surface area contributed by atoms with Gasteiger partial charge in [-0.2, -0.15) is 0 Å². The summed E-state index contributed by atoms with van der Waals surface area (Å²) < 4.78 is 0. The Labute approximate surface area is 166 Å². The second-order valence-corrected chi connectivity index (χ2v) is 7.43. The molecule has 0 aromatic carbocycles. The molecule has 1 saturated carbocycles. The van der Waals surface area contributed by atoms with Crippen molar-refractivity contribution in [1.29, 1.82) is 0 Å². The number of aliphatic imine (C=N–C) groups is 1. The van der Waals surface area contributed by atoms with E-state index in [2.05, 4.69) is 34.5 Å². The maximum atomic E-state index is 10.6. The van der Waals surface area contributed by atoms with Crippen LogP contribution in [0.25, 0.3) is 0 Å². The lowest BCUT2D eigenvalue weighted by Gasteiger charge is -2.30. The standard InChI is InChI=1S/C17H30N4OS.HI/c1-3-14-12-20-15(23-14)8-11-19-16(18-4-2)21-13-17(22)9-6-5-7-10-17;/h12,22H,3-11,13H2,1-2H3,(H2,18,19,21);1H. The van der Waals surface area contributed by atoms with Gasteiger partial charge in [0.2, 0.25) is 0 Å². The monoisotopic (exact) mass is 466 g/mol. The number of thiazole rings is 1. The van der Waals surface area contributed by atoms with Crippen LogP contribution in [0.3, 0.4) is 0 Å². The number of nitrogens with one attached hydrogen (secondary N) is 2. The van der Waals surface area contributed by atoms with Gasteiger partial charge in [-0.05, 0) is 26.2 Å². The van der Waals surface area contributed by atoms with E-state index in [1.165, 1.54) is 11.3 Å². The van der Waals surface area contributed by atoms with E-state index in [4.69, 9.17) is 0 Å². The van der Waals surface area contributed by atoms with Gasteiger partial charge >= 0.3 is 0 Å². The minimum Gasteiger partial charge on any atom is -0.388 e. The van der Waals surface area contributed by atoms with E-state index >= 15 is 0 Å². The molecule has 1 aliphatic rings. The molecule has 0 unspecified atom stereocenters. The molecule has 1 heterocycles. The second-order valence-electron chi connectivity index (χ2n) is 6.23. The van der Waals surface area contributed by atoms with E-state index in [1.807, 2.05) is 6.20 Å². The van der Waals surface area contributed by atoms with Gasteiger partial charge in [0.1, 0.15) is 0 Å². The Hall–Kier alpha value is -0.410. The van der Waals surface area contributed by atoms with Crippen LogP contribution in [0.5, 0.6) is 0 Å². The lowest BCUT2D eigenvalue weighted by atomic mass is 9.85. The zero-order valence-electron chi connectivity index (χ0n) is 14.8. The maximum absolute atomic E-state index is 10.6. The summed E-state index contributed by atoms with van der Waals surface area (Å²) in [6.07, 6.45) is 9.12. The Bertz CT molecular complexity index is 501. The highest BCUT2D eigenvalue weighted by Gasteiger charge is 2.28. The molecule has 1 fully saturated rings. The lowest BCUT2D eigenvalue weighted by molar-refractivity contribution is 0.0131. The summed E-state index contributed by atoms with van der Waals surface area (Å²) in [5.41, 5.74) is -0.605. The van der Waals surface area contributed by atoms with E-state index in [-0.39, 0.29) is 24.0 Å². The molecule has 1 aromatic rings. The SMILES string of the molecule is CCNC(=NCC1(O)CCCCC1)NCCc1ncc(CC)s1.I. The number of aromatic nitrogens is 1. The molecule has 0 spiro atoms. The Balaban J connectivity index is 0.00000288. The third kappa shape index (κ3) is 7.23. The maximum Gasteiger partial charge on any atom is 0.191 e. The average molecular weight is 466 g/mol. The first-order chi connectivity index (χ1) is 11.1. The number of rotatable bonds is 7. The van der Waals surface area contributed by atoms with Gasteiger partial charge in [-0.25, -0.2) is 4.98 Å². The van der Waals surface area contributed by atoms with Crippen molar-refractivity contribution in [3.63, 3.8) is 0 Å². The first-order valence-electron chi connectivity index (χ1n) is 8.83. The molecule has 0 radical (unpaired) electrons. The Morgan fingerprint density at radius 1 is 1.29 bits per heavy atom. The second kappa shape index (κ2) is 11.3. The molecular formula is C17H31IN4OS. The number of aliphatic hydroxyl groups is 1. The molecule has 1 aromatic heterocycles. The fourth-order valence-electron chi connectivity index (χ4n) is 2.85. The predicted molar refractivity (Wildman–Crippen MR) is 113 cm³/mol. The zero-order chi connectivity index (χ0) is 16.5. The van der Waals surface area contributed by atoms with Crippen LogP contribution in [0, 0.1) is 0 Å². The molecular weight excluding hydrogens is 435 g/mol. The molecule has 2 rings (SSSR count). The van der Waals surface area contributed by atoms with E-state index in [1.54, 1.807) is 11.3 Å². The first-order valence-corrected chi connectivity index (χ1v) is 9.65. The van der Waals surface area contributed by atoms with Gasteiger partial charge in [0, 0.05) is 30.6 Å². The number of hydrogen-bond donors (Lipinski definition) is 3. The van der Waals surface area contributed by atoms with Crippen LogP contribution in [-0.4, -0.2) is 41.3 Å². The molecule has 1 aliphatic carbocycles. The van der Waals surface area contributed by atoms with Crippen molar-refractivity contribution in [3.8, 4) is 0 Å². The third-order valence-corrected chi connectivity index (χ3v) is 5.44. The van der Waals surface area contributed by atoms with Gasteiger partial charge in [-0.3, -0.25) is 4.99 Å². The van der Waals surface area contributed by atoms with Gasteiger partial charge in [-0.15, -0.1) is 35.3 Å². The van der Waals surface area contributed by atoms with Gasteiger partial charge in [0.05, 0.1) is 17.2 Å². The molecule has 5 nitrogen and oxygen atoms in total. The molecule has 3 N–H and O–H groups in total. The van der Waals surface area contributed by atoms with Crippen molar-refractivity contribution in [1.82, 2.24) is 15.6 Å². The third-order valence-electron chi connectivity index (χ3n) is 4.24. The first kappa shape index (κ1) is 21.6. The smallest absolute Gasteiger partial charge is 0.191 e. The van der Waals surface area contributed by atoms with E-state index < -0.39 is 5.60 Å². The molecule has 0 amide bonds. The summed E-state index contributed by atoms with van der Waals surface area (Å²) in [6, 6.07) is 0. The normalized spacial score (nSPS) is 17.2. The van der Waals surface area contributed by atoms with Crippen LogP contribution in [0.4, 0.5) is 0 Å². The fourth-order valence-corrected chi connectivity index (χ4v) is 3.71. The Morgan fingerprint density at radius 2 is 2.04 bits per heavy atom. The summed E-state index contributed by atoms with van der Waals surface area (Å²) in [7, 11) is 0. The summed E-state index contributed by atoms with van der Waals surface area (Å²) in [4.78, 5) is 10.4. The summed E-state index contributed by atoms with van der Waals surface area (Å²) in [5.74, 6) is 0.791. The number of aryl methyl sites for hydroxylation is 1. The van der Waals surface area contributed by atoms with E-state index in [9.17, 15) is 5.11 Å². The lowest BCUT2D eigenvalue weighted by Crippen LogP contribution is -2.41. The van der Waals surface area contributed by atoms with Crippen molar-refractivity contribution in [2.24, 2.45) is 4.99 Å². The summed E-state index contributed by atoms with van der Waals surface area (Å²) in [6.45, 7) is 6.32. The highest BCUT2D eigenvalue weighted by molar-refractivity contribution is 14.0. The van der Waals surface area contributed by atoms with E-state index in [0.717, 1.165) is 62.6 Å². The predicted octanol–water partition coefficient (Wildman–Crippen LogP) is 3.12. The molecule has 0 atom stereocenters. The topological polar surface area (TPSA) is 69.5 Å². The van der Waals surface area contributed by atoms with Crippen LogP contribution in [0.2, 0.25) is 0 Å². The fraction of sp³-hybridized carbons (Fsp3) is 0.765. The number of guanidine groups is 1. The van der Waals surface area contributed by atoms with Crippen LogP contribution >= 0.6 is 35.3 Å². The number of hydrogen-bond acceptors (Lipinski definition) is 4. The quantitative estimate of drug-likeness (QED) is 0.328. The van der Waals surface area contributed by atoms with Crippen molar-refractivity contribution < 1.29 is 5.11 Å². The largest absolute Gasteiger partial charge is 0.388 e. The zero-order valence-corrected chi connectivity index (χ0v) is 18.0. The summed E-state index contributed by atoms with van der Waals surface area (Å²) in [5, 5.41) is 18.3. The molecule has 138 valence electrons.